The van der Waals surface area contributed by atoms with E-state index in [1.165, 1.54) is 0 Å². The van der Waals surface area contributed by atoms with Gasteiger partial charge in [0.15, 0.2) is 7.38 Å². The van der Waals surface area contributed by atoms with Crippen LogP contribution in [0.3, 0.4) is 0 Å². The van der Waals surface area contributed by atoms with Crippen molar-refractivity contribution < 1.29 is 0 Å². The van der Waals surface area contributed by atoms with Gasteiger partial charge in [-0.2, -0.15) is 11.1 Å². The van der Waals surface area contributed by atoms with Gasteiger partial charge in [-0.1, -0.05) is 38.5 Å². The first kappa shape index (κ1) is 14.7. The molecule has 0 nitrogen and oxygen atoms in total. The quantitative estimate of drug-likeness (QED) is 0.391. The van der Waals surface area contributed by atoms with Crippen LogP contribution in [-0.4, -0.2) is 7.38 Å². The van der Waals surface area contributed by atoms with Crippen molar-refractivity contribution in [1.82, 2.24) is 0 Å². The molecular weight excluding hydrogens is 316 g/mol. The molecule has 6 fully saturated rings. The molecule has 0 aliphatic heterocycles. The summed E-state index contributed by atoms with van der Waals surface area (Å²) in [5.74, 6) is 6.49. The number of rotatable bonds is 3. The average Bonchev–Trinajstić information content (AvgIpc) is 3.40. The van der Waals surface area contributed by atoms with Crippen LogP contribution < -0.4 is 0 Å². The van der Waals surface area contributed by atoms with Gasteiger partial charge in [-0.25, -0.2) is 0 Å². The minimum Gasteiger partial charge on any atom is -0.166 e. The Morgan fingerprint density at radius 1 is 0.478 bits per heavy atom. The van der Waals surface area contributed by atoms with E-state index in [0.717, 1.165) is 52.1 Å². The van der Waals surface area contributed by atoms with Gasteiger partial charge >= 0.3 is 0 Å². The summed E-state index contributed by atoms with van der Waals surface area (Å²) in [6, 6.07) is 0. The van der Waals surface area contributed by atoms with Crippen LogP contribution in [0.2, 0.25) is 16.6 Å². The van der Waals surface area contributed by atoms with E-state index in [2.05, 4.69) is 0 Å². The molecule has 0 radical (unpaired) electrons. The summed E-state index contributed by atoms with van der Waals surface area (Å²) in [6.07, 6.45) is 18.8. The fourth-order valence-corrected chi connectivity index (χ4v) is 18.4. The molecule has 6 saturated carbocycles. The zero-order valence-corrected chi connectivity index (χ0v) is 16.3. The SMILES string of the molecule is Cl[Si](C1CC2CCC1C2)(C1CC2CCC1C2)C1CC2CCC1C2. The Bertz CT molecular complexity index is 435. The lowest BCUT2D eigenvalue weighted by molar-refractivity contribution is 0.400. The van der Waals surface area contributed by atoms with Crippen LogP contribution in [0.25, 0.3) is 0 Å². The van der Waals surface area contributed by atoms with E-state index < -0.39 is 7.38 Å². The third kappa shape index (κ3) is 1.96. The van der Waals surface area contributed by atoms with E-state index in [-0.39, 0.29) is 0 Å². The van der Waals surface area contributed by atoms with Crippen molar-refractivity contribution in [2.45, 2.75) is 93.7 Å². The number of hydrogen-bond donors (Lipinski definition) is 0. The Hall–Kier alpha value is 0.507. The first-order valence-electron chi connectivity index (χ1n) is 10.9. The van der Waals surface area contributed by atoms with Gasteiger partial charge < -0.3 is 0 Å². The van der Waals surface area contributed by atoms with Gasteiger partial charge in [0.1, 0.15) is 0 Å². The molecule has 0 spiro atoms. The maximum Gasteiger partial charge on any atom is 0.166 e. The molecule has 0 aromatic rings. The second-order valence-corrected chi connectivity index (χ2v) is 16.5. The molecule has 128 valence electrons. The Labute approximate surface area is 147 Å². The number of fused-ring (bicyclic) bond motifs is 6. The van der Waals surface area contributed by atoms with E-state index in [9.17, 15) is 0 Å². The highest BCUT2D eigenvalue weighted by atomic mass is 35.6. The molecule has 0 amide bonds. The molecule has 6 aliphatic carbocycles. The molecule has 6 rings (SSSR count). The standard InChI is InChI=1S/C21H33ClSi/c22-23(19-10-13-1-4-16(19)7-13,20-11-14-2-5-17(20)8-14)21-12-15-3-6-18(21)9-15/h13-21H,1-12H2. The van der Waals surface area contributed by atoms with Crippen molar-refractivity contribution in [3.8, 4) is 0 Å². The Morgan fingerprint density at radius 3 is 1.04 bits per heavy atom. The summed E-state index contributed by atoms with van der Waals surface area (Å²) < 4.78 is 0. The molecule has 2 heteroatoms. The lowest BCUT2D eigenvalue weighted by Crippen LogP contribution is -2.49. The zero-order valence-electron chi connectivity index (χ0n) is 14.6. The van der Waals surface area contributed by atoms with E-state index in [0.29, 0.717) is 0 Å². The molecule has 0 aromatic heterocycles. The van der Waals surface area contributed by atoms with Crippen molar-refractivity contribution in [3.63, 3.8) is 0 Å². The van der Waals surface area contributed by atoms with E-state index in [1.54, 1.807) is 77.0 Å². The highest BCUT2D eigenvalue weighted by molar-refractivity contribution is 7.22. The minimum atomic E-state index is -1.64. The fourth-order valence-electron chi connectivity index (χ4n) is 9.18. The summed E-state index contributed by atoms with van der Waals surface area (Å²) in [6.45, 7) is 0. The molecule has 6 aliphatic rings. The average molecular weight is 349 g/mol. The summed E-state index contributed by atoms with van der Waals surface area (Å²) in [5.41, 5.74) is 3.12. The van der Waals surface area contributed by atoms with Crippen molar-refractivity contribution in [1.29, 1.82) is 0 Å². The number of halogens is 1. The first-order valence-corrected chi connectivity index (χ1v) is 14.1. The van der Waals surface area contributed by atoms with Gasteiger partial charge in [0.05, 0.1) is 0 Å². The Kier molecular flexibility index (Phi) is 3.20. The predicted molar refractivity (Wildman–Crippen MR) is 99.2 cm³/mol. The second-order valence-electron chi connectivity index (χ2n) is 10.7. The lowest BCUT2D eigenvalue weighted by atomic mass is 9.98. The van der Waals surface area contributed by atoms with Crippen LogP contribution in [0.15, 0.2) is 0 Å². The third-order valence-electron chi connectivity index (χ3n) is 9.92. The summed E-state index contributed by atoms with van der Waals surface area (Å²) in [4.78, 5) is 0. The molecule has 9 atom stereocenters. The summed E-state index contributed by atoms with van der Waals surface area (Å²) >= 11 is 8.08. The van der Waals surface area contributed by atoms with Crippen LogP contribution in [0.1, 0.15) is 77.0 Å². The zero-order chi connectivity index (χ0) is 15.2. The highest BCUT2D eigenvalue weighted by Crippen LogP contribution is 2.71. The molecule has 9 unspecified atom stereocenters. The summed E-state index contributed by atoms with van der Waals surface area (Å²) in [5, 5.41) is 0. The van der Waals surface area contributed by atoms with Crippen LogP contribution in [0.4, 0.5) is 0 Å². The summed E-state index contributed by atoms with van der Waals surface area (Å²) in [7, 11) is -1.64. The molecule has 0 aromatic carbocycles. The Morgan fingerprint density at radius 2 is 0.826 bits per heavy atom. The smallest absolute Gasteiger partial charge is 0.166 e. The monoisotopic (exact) mass is 348 g/mol. The van der Waals surface area contributed by atoms with Gasteiger partial charge in [0.2, 0.25) is 0 Å². The van der Waals surface area contributed by atoms with Gasteiger partial charge in [-0.05, 0) is 90.7 Å². The first-order chi connectivity index (χ1) is 11.2. The maximum absolute atomic E-state index is 8.08. The van der Waals surface area contributed by atoms with E-state index >= 15 is 0 Å². The van der Waals surface area contributed by atoms with Crippen LogP contribution in [-0.2, 0) is 0 Å². The molecule has 0 heterocycles. The van der Waals surface area contributed by atoms with Crippen LogP contribution >= 0.6 is 11.1 Å². The molecule has 6 bridgehead atoms. The molecule has 0 saturated heterocycles. The van der Waals surface area contributed by atoms with Crippen molar-refractivity contribution in [2.24, 2.45) is 35.5 Å². The van der Waals surface area contributed by atoms with Gasteiger partial charge in [0.25, 0.3) is 0 Å². The maximum atomic E-state index is 8.08. The second kappa shape index (κ2) is 5.03. The van der Waals surface area contributed by atoms with Crippen LogP contribution in [0, 0.1) is 35.5 Å². The Balaban J connectivity index is 1.38. The predicted octanol–water partition coefficient (Wildman–Crippen LogP) is 6.74. The molecular formula is C21H33ClSi. The topological polar surface area (TPSA) is 0 Å². The van der Waals surface area contributed by atoms with E-state index in [1.807, 2.05) is 0 Å². The van der Waals surface area contributed by atoms with E-state index in [4.69, 9.17) is 11.1 Å². The van der Waals surface area contributed by atoms with Crippen LogP contribution in [0.5, 0.6) is 0 Å². The normalized spacial score (nSPS) is 59.1. The minimum absolute atomic E-state index is 1.04. The van der Waals surface area contributed by atoms with Gasteiger partial charge in [-0.15, -0.1) is 0 Å². The number of hydrogen-bond acceptors (Lipinski definition) is 0. The highest BCUT2D eigenvalue weighted by Gasteiger charge is 2.65. The largest absolute Gasteiger partial charge is 0.166 e. The lowest BCUT2D eigenvalue weighted by Gasteiger charge is -2.49. The van der Waals surface area contributed by atoms with Crippen molar-refractivity contribution >= 4 is 18.5 Å². The van der Waals surface area contributed by atoms with Crippen molar-refractivity contribution in [2.75, 3.05) is 0 Å². The van der Waals surface area contributed by atoms with Gasteiger partial charge in [-0.3, -0.25) is 0 Å². The van der Waals surface area contributed by atoms with Gasteiger partial charge in [0, 0.05) is 0 Å². The molecule has 23 heavy (non-hydrogen) atoms. The fraction of sp³-hybridized carbons (Fsp3) is 1.00. The third-order valence-corrected chi connectivity index (χ3v) is 18.0. The molecule has 0 N–H and O–H groups in total. The van der Waals surface area contributed by atoms with Crippen molar-refractivity contribution in [3.05, 3.63) is 0 Å².